The third kappa shape index (κ3) is 8.54. The molecule has 8 heteroatoms. The van der Waals surface area contributed by atoms with Gasteiger partial charge in [0.05, 0.1) is 0 Å². The summed E-state index contributed by atoms with van der Waals surface area (Å²) in [6.45, 7) is 16.4. The van der Waals surface area contributed by atoms with Crippen LogP contribution in [0.3, 0.4) is 0 Å². The molecule has 18 rings (SSSR count). The van der Waals surface area contributed by atoms with Gasteiger partial charge in [-0.15, -0.1) is 0 Å². The van der Waals surface area contributed by atoms with Gasteiger partial charge < -0.3 is 21.3 Å². The highest BCUT2D eigenvalue weighted by atomic mass is 16.2. The third-order valence-corrected chi connectivity index (χ3v) is 15.5. The zero-order valence-corrected chi connectivity index (χ0v) is 40.9. The van der Waals surface area contributed by atoms with Gasteiger partial charge in [0, 0.05) is 55.8 Å². The molecule has 2 saturated carbocycles. The van der Waals surface area contributed by atoms with Crippen LogP contribution in [0, 0.1) is 55.4 Å². The Hall–Kier alpha value is -6.80. The summed E-state index contributed by atoms with van der Waals surface area (Å²) in [5, 5.41) is 12.8. The molecule has 2 fully saturated rings. The van der Waals surface area contributed by atoms with Crippen LogP contribution in [0.2, 0.25) is 0 Å². The van der Waals surface area contributed by atoms with Crippen LogP contribution in [0.25, 0.3) is 0 Å². The molecule has 348 valence electrons. The molecule has 10 heterocycles. The standard InChI is InChI=1S/C60H64N4O4/c1-35-25-47-26-36(2)51(35)61-55(65)43-17-15-18-44(33-43)56(66)63-53-39(5)29-49(30-40(53)6)60(23-13-10-14-24-60)50-31-41(7)54(42(8)32-50)64-58(68)46-20-16-19-45(34-46)57(67)62-52-37(3)27-48(28-38(52)4)59(47)21-11-9-12-22-59/h15-20,25-34H,9-14,21-24H2,1-8H3,(H,61,65)(H,62,67)(H,63,66)(H,64,68). The fraction of sp³-hybridized carbons (Fsp3) is 0.333. The maximum Gasteiger partial charge on any atom is 0.255 e. The van der Waals surface area contributed by atoms with Crippen molar-refractivity contribution in [2.24, 2.45) is 0 Å². The highest BCUT2D eigenvalue weighted by molar-refractivity contribution is 6.11. The number of carbonyl (C=O) groups is 4. The number of carbonyl (C=O) groups excluding carboxylic acids is 4. The molecule has 2 spiro atoms. The molecule has 6 aromatic carbocycles. The van der Waals surface area contributed by atoms with Gasteiger partial charge in [-0.2, -0.15) is 0 Å². The van der Waals surface area contributed by atoms with Crippen LogP contribution in [0.1, 0.15) is 172 Å². The first-order chi connectivity index (χ1) is 32.6. The summed E-state index contributed by atoms with van der Waals surface area (Å²) >= 11 is 0. The number of rotatable bonds is 0. The van der Waals surface area contributed by atoms with E-state index in [1.807, 2.05) is 0 Å². The van der Waals surface area contributed by atoms with Gasteiger partial charge in [0.25, 0.3) is 23.6 Å². The lowest BCUT2D eigenvalue weighted by Crippen LogP contribution is -2.31. The molecule has 6 aromatic rings. The minimum atomic E-state index is -0.275. The second kappa shape index (κ2) is 18.4. The average Bonchev–Trinajstić information content (AvgIpc) is 3.33. The lowest BCUT2D eigenvalue weighted by Gasteiger charge is -2.40. The van der Waals surface area contributed by atoms with Crippen LogP contribution in [0.5, 0.6) is 0 Å². The number of nitrogens with one attached hydrogen (secondary N) is 4. The lowest BCUT2D eigenvalue weighted by atomic mass is 9.64. The molecule has 12 aliphatic rings. The van der Waals surface area contributed by atoms with Crippen LogP contribution >= 0.6 is 0 Å². The molecule has 0 radical (unpaired) electrons. The first-order valence-electron chi connectivity index (χ1n) is 24.5. The molecule has 0 aromatic heterocycles. The summed E-state index contributed by atoms with van der Waals surface area (Å²) in [7, 11) is 0. The number of amides is 4. The van der Waals surface area contributed by atoms with Crippen LogP contribution < -0.4 is 21.3 Å². The molecule has 0 unspecified atom stereocenters. The highest BCUT2D eigenvalue weighted by Crippen LogP contribution is 2.49. The fourth-order valence-corrected chi connectivity index (χ4v) is 11.9. The van der Waals surface area contributed by atoms with Gasteiger partial charge in [0.1, 0.15) is 0 Å². The Morgan fingerprint density at radius 3 is 0.721 bits per heavy atom. The summed E-state index contributed by atoms with van der Waals surface area (Å²) in [6, 6.07) is 31.7. The first-order valence-corrected chi connectivity index (χ1v) is 24.5. The van der Waals surface area contributed by atoms with Crippen LogP contribution in [-0.2, 0) is 10.8 Å². The van der Waals surface area contributed by atoms with E-state index < -0.39 is 0 Å². The van der Waals surface area contributed by atoms with Crippen molar-refractivity contribution in [3.8, 4) is 0 Å². The van der Waals surface area contributed by atoms with Gasteiger partial charge in [0.15, 0.2) is 0 Å². The molecule has 4 amide bonds. The Morgan fingerprint density at radius 2 is 0.515 bits per heavy atom. The lowest BCUT2D eigenvalue weighted by molar-refractivity contribution is 0.101. The van der Waals surface area contributed by atoms with E-state index in [9.17, 15) is 19.2 Å². The van der Waals surface area contributed by atoms with Crippen molar-refractivity contribution in [1.82, 2.24) is 0 Å². The summed E-state index contributed by atoms with van der Waals surface area (Å²) in [5.74, 6) is -1.10. The Bertz CT molecular complexity index is 2560. The Kier molecular flexibility index (Phi) is 12.5. The van der Waals surface area contributed by atoms with Gasteiger partial charge in [-0.25, -0.2) is 0 Å². The van der Waals surface area contributed by atoms with E-state index >= 15 is 0 Å². The molecule has 68 heavy (non-hydrogen) atoms. The molecule has 10 aliphatic heterocycles. The zero-order chi connectivity index (χ0) is 48.1. The number of aryl methyl sites for hydroxylation is 8. The van der Waals surface area contributed by atoms with E-state index in [-0.39, 0.29) is 34.5 Å². The topological polar surface area (TPSA) is 116 Å². The predicted octanol–water partition coefficient (Wildman–Crippen LogP) is 14.0. The van der Waals surface area contributed by atoms with Crippen LogP contribution in [-0.4, -0.2) is 23.6 Å². The third-order valence-electron chi connectivity index (χ3n) is 15.5. The summed E-state index contributed by atoms with van der Waals surface area (Å²) in [4.78, 5) is 56.2. The Labute approximate surface area is 401 Å². The molecular weight excluding hydrogens is 841 g/mol. The van der Waals surface area contributed by atoms with Crippen molar-refractivity contribution < 1.29 is 19.2 Å². The fourth-order valence-electron chi connectivity index (χ4n) is 11.9. The minimum Gasteiger partial charge on any atom is -0.322 e. The molecule has 8 nitrogen and oxygen atoms in total. The second-order valence-electron chi connectivity index (χ2n) is 20.2. The molecular formula is C60H64N4O4. The Balaban J connectivity index is 1.14. The molecule has 0 atom stereocenters. The van der Waals surface area contributed by atoms with Crippen LogP contribution in [0.15, 0.2) is 97.1 Å². The van der Waals surface area contributed by atoms with E-state index in [1.54, 1.807) is 48.5 Å². The maximum absolute atomic E-state index is 14.0. The number of benzene rings is 6. The quantitative estimate of drug-likeness (QED) is 0.121. The molecule has 0 saturated heterocycles. The smallest absolute Gasteiger partial charge is 0.255 e. The van der Waals surface area contributed by atoms with E-state index in [4.69, 9.17) is 0 Å². The summed E-state index contributed by atoms with van der Waals surface area (Å²) < 4.78 is 0. The largest absolute Gasteiger partial charge is 0.322 e. The predicted molar refractivity (Wildman–Crippen MR) is 276 cm³/mol. The van der Waals surface area contributed by atoms with Gasteiger partial charge in [-0.3, -0.25) is 19.2 Å². The van der Waals surface area contributed by atoms with E-state index in [1.165, 1.54) is 35.1 Å². The minimum absolute atomic E-state index is 0.248. The van der Waals surface area contributed by atoms with E-state index in [0.29, 0.717) is 22.3 Å². The molecule has 12 bridgehead atoms. The van der Waals surface area contributed by atoms with Gasteiger partial charge in [-0.05, 0) is 184 Å². The number of hydrogen-bond donors (Lipinski definition) is 4. The van der Waals surface area contributed by atoms with Crippen molar-refractivity contribution >= 4 is 46.4 Å². The van der Waals surface area contributed by atoms with E-state index in [0.717, 1.165) is 119 Å². The maximum atomic E-state index is 14.0. The second-order valence-corrected chi connectivity index (χ2v) is 20.2. The Morgan fingerprint density at radius 1 is 0.309 bits per heavy atom. The van der Waals surface area contributed by atoms with Crippen molar-refractivity contribution in [1.29, 1.82) is 0 Å². The molecule has 4 N–H and O–H groups in total. The highest BCUT2D eigenvalue weighted by Gasteiger charge is 2.39. The average molecular weight is 905 g/mol. The van der Waals surface area contributed by atoms with Crippen molar-refractivity contribution in [2.75, 3.05) is 21.3 Å². The van der Waals surface area contributed by atoms with Gasteiger partial charge >= 0.3 is 0 Å². The van der Waals surface area contributed by atoms with Crippen molar-refractivity contribution in [3.63, 3.8) is 0 Å². The first kappa shape index (κ1) is 46.3. The van der Waals surface area contributed by atoms with Crippen molar-refractivity contribution in [3.05, 3.63) is 186 Å². The summed E-state index contributed by atoms with van der Waals surface area (Å²) in [6.07, 6.45) is 10.7. The number of hydrogen-bond acceptors (Lipinski definition) is 4. The number of anilines is 4. The molecule has 2 aliphatic carbocycles. The normalized spacial score (nSPS) is 17.1. The van der Waals surface area contributed by atoms with Gasteiger partial charge in [0.2, 0.25) is 0 Å². The van der Waals surface area contributed by atoms with Crippen molar-refractivity contribution in [2.45, 2.75) is 130 Å². The zero-order valence-electron chi connectivity index (χ0n) is 40.9. The van der Waals surface area contributed by atoms with E-state index in [2.05, 4.69) is 125 Å². The monoisotopic (exact) mass is 904 g/mol. The van der Waals surface area contributed by atoms with Crippen LogP contribution in [0.4, 0.5) is 22.7 Å². The summed E-state index contributed by atoms with van der Waals surface area (Å²) in [5.41, 5.74) is 16.8. The van der Waals surface area contributed by atoms with Gasteiger partial charge in [-0.1, -0.05) is 99.2 Å². The SMILES string of the molecule is Cc1cc2cc(C)c1NC(=O)c1cccc(c1)C(=O)Nc1c(C)cc(cc1C)C1(CCCCC1)c1cc(C)c(c(C)c1)NC(=O)c1cccc(c1)C(=O)Nc1c(C)cc(cc1C)C21CCCCC1.